The normalized spacial score (nSPS) is 18.9. The molecule has 1 amide bonds. The zero-order chi connectivity index (χ0) is 21.1. The Kier molecular flexibility index (Phi) is 7.80. The number of ether oxygens (including phenoxy) is 1. The molecular weight excluding hydrogens is 574 g/mol. The van der Waals surface area contributed by atoms with Gasteiger partial charge in [-0.1, -0.05) is 6.07 Å². The molecule has 0 radical (unpaired) electrons. The summed E-state index contributed by atoms with van der Waals surface area (Å²) in [4.78, 5) is 16.7. The molecule has 0 saturated carbocycles. The standard InChI is InChI=1S/C23H27FN4O2.Os/c1-30-20-7-2-16-12-17(15-26-22(16)13-20)21(25)14-23(29)28-10-8-27(9-11-28)19-5-3-18(24)4-6-19;/h2-7,13-15,17,21,26H,8-12,25H2,1H3;/q-2;+2. The fourth-order valence-electron chi connectivity index (χ4n) is 3.98. The number of halogens is 1. The van der Waals surface area contributed by atoms with Crippen LogP contribution in [0, 0.1) is 24.7 Å². The van der Waals surface area contributed by atoms with Crippen LogP contribution in [0.2, 0.25) is 0 Å². The Bertz CT molecular complexity index is 888. The van der Waals surface area contributed by atoms with Gasteiger partial charge in [-0.2, -0.15) is 5.92 Å². The summed E-state index contributed by atoms with van der Waals surface area (Å²) in [7, 11) is 1.65. The van der Waals surface area contributed by atoms with Gasteiger partial charge in [0.2, 0.25) is 0 Å². The topological polar surface area (TPSA) is 70.8 Å². The molecule has 0 aromatic heterocycles. The third kappa shape index (κ3) is 5.50. The summed E-state index contributed by atoms with van der Waals surface area (Å²) in [6.07, 6.45) is 2.40. The van der Waals surface area contributed by atoms with Gasteiger partial charge in [-0.25, -0.2) is 10.9 Å². The van der Waals surface area contributed by atoms with E-state index < -0.39 is 0 Å². The van der Waals surface area contributed by atoms with Gasteiger partial charge >= 0.3 is 19.8 Å². The molecule has 2 unspecified atom stereocenters. The van der Waals surface area contributed by atoms with Crippen molar-refractivity contribution >= 4 is 17.3 Å². The van der Waals surface area contributed by atoms with Crippen molar-refractivity contribution in [1.29, 1.82) is 0 Å². The minimum Gasteiger partial charge on any atom is -0.535 e. The van der Waals surface area contributed by atoms with Crippen molar-refractivity contribution in [2.75, 3.05) is 43.5 Å². The molecule has 4 rings (SSSR count). The summed E-state index contributed by atoms with van der Waals surface area (Å²) < 4.78 is 18.4. The average molecular weight is 601 g/mol. The number of methoxy groups -OCH3 is 1. The van der Waals surface area contributed by atoms with Crippen LogP contribution in [-0.4, -0.2) is 50.1 Å². The van der Waals surface area contributed by atoms with Crippen LogP contribution >= 0.6 is 0 Å². The number of nitrogens with zero attached hydrogens (tertiary/aromatic N) is 2. The number of anilines is 2. The molecule has 2 aromatic carbocycles. The van der Waals surface area contributed by atoms with E-state index >= 15 is 0 Å². The summed E-state index contributed by atoms with van der Waals surface area (Å²) in [6, 6.07) is 12.0. The number of carbonyl (C=O) groups excluding carboxylic acids is 1. The molecule has 8 heteroatoms. The van der Waals surface area contributed by atoms with Crippen molar-refractivity contribution < 1.29 is 33.7 Å². The first-order valence-electron chi connectivity index (χ1n) is 10.2. The molecule has 0 spiro atoms. The Morgan fingerprint density at radius 2 is 1.94 bits per heavy atom. The van der Waals surface area contributed by atoms with Crippen LogP contribution in [0.1, 0.15) is 5.56 Å². The number of hydrogen-bond donors (Lipinski definition) is 2. The van der Waals surface area contributed by atoms with E-state index in [1.165, 1.54) is 12.1 Å². The van der Waals surface area contributed by atoms with Crippen molar-refractivity contribution in [3.8, 4) is 5.75 Å². The fourth-order valence-corrected chi connectivity index (χ4v) is 3.98. The van der Waals surface area contributed by atoms with Crippen LogP contribution in [0.5, 0.6) is 5.75 Å². The minimum absolute atomic E-state index is 0. The largest absolute Gasteiger partial charge is 2.00 e. The van der Waals surface area contributed by atoms with Crippen molar-refractivity contribution in [3.05, 3.63) is 66.8 Å². The van der Waals surface area contributed by atoms with Crippen molar-refractivity contribution in [2.24, 2.45) is 11.7 Å². The molecule has 0 aliphatic carbocycles. The van der Waals surface area contributed by atoms with E-state index in [0.717, 1.165) is 29.1 Å². The maximum absolute atomic E-state index is 13.1. The SMILES string of the molecule is COc1ccc2c(c1)N[CH-]C(C(N)[CH-]C(=O)N1CCN(c3ccc(F)cc3)CC1)C2.[Os+2]. The van der Waals surface area contributed by atoms with Crippen LogP contribution < -0.4 is 20.7 Å². The Morgan fingerprint density at radius 1 is 1.23 bits per heavy atom. The van der Waals surface area contributed by atoms with Gasteiger partial charge in [0.05, 0.1) is 13.0 Å². The molecule has 166 valence electrons. The number of amides is 1. The number of hydrogen-bond acceptors (Lipinski definition) is 5. The molecule has 31 heavy (non-hydrogen) atoms. The molecule has 6 nitrogen and oxygen atoms in total. The number of benzene rings is 2. The van der Waals surface area contributed by atoms with Crippen LogP contribution in [-0.2, 0) is 31.0 Å². The maximum Gasteiger partial charge on any atom is 2.00 e. The molecular formula is C23H27FN4O2Os. The molecule has 2 aliphatic heterocycles. The van der Waals surface area contributed by atoms with Gasteiger partial charge in [0, 0.05) is 43.6 Å². The van der Waals surface area contributed by atoms with Crippen molar-refractivity contribution in [3.63, 3.8) is 0 Å². The predicted octanol–water partition coefficient (Wildman–Crippen LogP) is 2.46. The number of piperazine rings is 1. The molecule has 2 aliphatic rings. The molecule has 3 N–H and O–H groups in total. The van der Waals surface area contributed by atoms with Gasteiger partial charge in [0.15, 0.2) is 0 Å². The first-order valence-corrected chi connectivity index (χ1v) is 10.2. The van der Waals surface area contributed by atoms with Crippen LogP contribution in [0.25, 0.3) is 0 Å². The van der Waals surface area contributed by atoms with E-state index in [2.05, 4.69) is 10.2 Å². The second kappa shape index (κ2) is 10.3. The van der Waals surface area contributed by atoms with E-state index in [0.29, 0.717) is 26.2 Å². The van der Waals surface area contributed by atoms with Gasteiger partial charge in [-0.05, 0) is 42.3 Å². The van der Waals surface area contributed by atoms with Crippen molar-refractivity contribution in [1.82, 2.24) is 4.90 Å². The third-order valence-corrected chi connectivity index (χ3v) is 5.84. The summed E-state index contributed by atoms with van der Waals surface area (Å²) >= 11 is 0. The average Bonchev–Trinajstić information content (AvgIpc) is 2.79. The second-order valence-electron chi connectivity index (χ2n) is 7.73. The number of rotatable bonds is 5. The zero-order valence-corrected chi connectivity index (χ0v) is 19.9. The van der Waals surface area contributed by atoms with E-state index in [1.807, 2.05) is 29.6 Å². The Labute approximate surface area is 196 Å². The van der Waals surface area contributed by atoms with Gasteiger partial charge < -0.3 is 30.4 Å². The number of fused-ring (bicyclic) bond motifs is 1. The first-order chi connectivity index (χ1) is 14.5. The Balaban J connectivity index is 0.00000272. The fraction of sp³-hybridized carbons (Fsp3) is 0.348. The van der Waals surface area contributed by atoms with Gasteiger partial charge in [0.25, 0.3) is 0 Å². The van der Waals surface area contributed by atoms with E-state index in [9.17, 15) is 9.18 Å². The Morgan fingerprint density at radius 3 is 2.61 bits per heavy atom. The number of nitrogens with two attached hydrogens (primary N) is 1. The second-order valence-corrected chi connectivity index (χ2v) is 7.73. The predicted molar refractivity (Wildman–Crippen MR) is 116 cm³/mol. The molecule has 0 bridgehead atoms. The summed E-state index contributed by atoms with van der Waals surface area (Å²) in [5, 5.41) is 3.29. The van der Waals surface area contributed by atoms with Gasteiger partial charge in [-0.3, -0.25) is 6.42 Å². The van der Waals surface area contributed by atoms with E-state index in [1.54, 1.807) is 25.7 Å². The molecule has 1 saturated heterocycles. The van der Waals surface area contributed by atoms with Crippen LogP contribution in [0.15, 0.2) is 42.5 Å². The third-order valence-electron chi connectivity index (χ3n) is 5.84. The molecule has 2 aromatic rings. The molecule has 1 fully saturated rings. The van der Waals surface area contributed by atoms with E-state index in [4.69, 9.17) is 10.5 Å². The van der Waals surface area contributed by atoms with Crippen LogP contribution in [0.4, 0.5) is 15.8 Å². The van der Waals surface area contributed by atoms with Crippen LogP contribution in [0.3, 0.4) is 0 Å². The number of nitrogens with one attached hydrogen (secondary N) is 1. The quantitative estimate of drug-likeness (QED) is 0.517. The van der Waals surface area contributed by atoms with E-state index in [-0.39, 0.29) is 43.5 Å². The molecule has 2 atom stereocenters. The minimum atomic E-state index is -0.365. The first kappa shape index (κ1) is 23.4. The maximum atomic E-state index is 13.1. The molecule has 2 heterocycles. The summed E-state index contributed by atoms with van der Waals surface area (Å²) in [6.45, 7) is 4.63. The monoisotopic (exact) mass is 602 g/mol. The smallest absolute Gasteiger partial charge is 0.535 e. The summed E-state index contributed by atoms with van der Waals surface area (Å²) in [5.41, 5.74) is 9.51. The Hall–Kier alpha value is -2.29. The van der Waals surface area contributed by atoms with Gasteiger partial charge in [0.1, 0.15) is 11.6 Å². The zero-order valence-electron chi connectivity index (χ0n) is 17.4. The van der Waals surface area contributed by atoms with Crippen molar-refractivity contribution in [2.45, 2.75) is 12.5 Å². The number of carbonyl (C=O) groups is 1. The van der Waals surface area contributed by atoms with Gasteiger partial charge in [-0.15, -0.1) is 6.04 Å². The summed E-state index contributed by atoms with van der Waals surface area (Å²) in [5.74, 6) is 0.566.